The number of rotatable bonds is 3. The van der Waals surface area contributed by atoms with Crippen molar-refractivity contribution < 1.29 is 19.4 Å². The molecule has 1 aromatic rings. The normalized spacial score (nSPS) is 22.4. The summed E-state index contributed by atoms with van der Waals surface area (Å²) in [5.41, 5.74) is 0.939. The molecule has 2 atom stereocenters. The molecule has 1 heterocycles. The number of benzene rings is 1. The number of hydrogen-bond acceptors (Lipinski definition) is 3. The third-order valence-corrected chi connectivity index (χ3v) is 3.69. The van der Waals surface area contributed by atoms with Crippen molar-refractivity contribution in [3.8, 4) is 0 Å². The Morgan fingerprint density at radius 2 is 2.05 bits per heavy atom. The molecule has 1 saturated heterocycles. The Kier molecular flexibility index (Phi) is 4.61. The summed E-state index contributed by atoms with van der Waals surface area (Å²) in [5.74, 6) is -1.20. The van der Waals surface area contributed by atoms with Gasteiger partial charge < -0.3 is 14.7 Å². The molecule has 1 fully saturated rings. The minimum absolute atomic E-state index is 0.0504. The van der Waals surface area contributed by atoms with Crippen LogP contribution in [-0.4, -0.2) is 35.2 Å². The number of ether oxygens (including phenoxy) is 1. The van der Waals surface area contributed by atoms with Crippen LogP contribution < -0.4 is 0 Å². The Morgan fingerprint density at radius 3 is 2.65 bits per heavy atom. The molecular weight excluding hydrogens is 258 g/mol. The van der Waals surface area contributed by atoms with Gasteiger partial charge in [-0.2, -0.15) is 0 Å². The van der Waals surface area contributed by atoms with Crippen molar-refractivity contribution in [3.63, 3.8) is 0 Å². The Balaban J connectivity index is 1.84. The van der Waals surface area contributed by atoms with Gasteiger partial charge in [0, 0.05) is 13.1 Å². The number of hydrogen-bond donors (Lipinski definition) is 1. The van der Waals surface area contributed by atoms with Crippen molar-refractivity contribution >= 4 is 12.1 Å². The van der Waals surface area contributed by atoms with E-state index in [0.717, 1.165) is 5.56 Å². The predicted octanol–water partition coefficient (Wildman–Crippen LogP) is 2.37. The van der Waals surface area contributed by atoms with E-state index in [1.807, 2.05) is 37.3 Å². The first-order chi connectivity index (χ1) is 9.58. The minimum Gasteiger partial charge on any atom is -0.481 e. The summed E-state index contributed by atoms with van der Waals surface area (Å²) in [5, 5.41) is 9.05. The van der Waals surface area contributed by atoms with E-state index in [1.165, 1.54) is 0 Å². The maximum atomic E-state index is 11.9. The van der Waals surface area contributed by atoms with E-state index < -0.39 is 5.97 Å². The van der Waals surface area contributed by atoms with Crippen molar-refractivity contribution in [1.82, 2.24) is 4.90 Å². The fraction of sp³-hybridized carbons (Fsp3) is 0.467. The maximum absolute atomic E-state index is 11.9. The second-order valence-corrected chi connectivity index (χ2v) is 5.20. The van der Waals surface area contributed by atoms with Gasteiger partial charge in [0.05, 0.1) is 5.92 Å². The predicted molar refractivity (Wildman–Crippen MR) is 73.1 cm³/mol. The molecule has 0 bridgehead atoms. The smallest absolute Gasteiger partial charge is 0.410 e. The molecule has 5 heteroatoms. The lowest BCUT2D eigenvalue weighted by molar-refractivity contribution is -0.145. The molecule has 1 aromatic carbocycles. The number of amides is 1. The molecule has 0 radical (unpaired) electrons. The zero-order valence-electron chi connectivity index (χ0n) is 11.5. The van der Waals surface area contributed by atoms with Crippen LogP contribution in [0.25, 0.3) is 0 Å². The summed E-state index contributed by atoms with van der Waals surface area (Å²) in [6, 6.07) is 9.48. The molecule has 0 saturated carbocycles. The van der Waals surface area contributed by atoms with Crippen molar-refractivity contribution in [2.24, 2.45) is 11.8 Å². The van der Waals surface area contributed by atoms with Gasteiger partial charge in [-0.25, -0.2) is 4.79 Å². The monoisotopic (exact) mass is 277 g/mol. The van der Waals surface area contributed by atoms with Gasteiger partial charge in [0.1, 0.15) is 6.61 Å². The van der Waals surface area contributed by atoms with E-state index in [-0.39, 0.29) is 24.5 Å². The maximum Gasteiger partial charge on any atom is 0.410 e. The van der Waals surface area contributed by atoms with Gasteiger partial charge in [-0.05, 0) is 17.9 Å². The SMILES string of the molecule is C[C@@H]1CN(C(=O)OCc2ccccc2)CC[C@@H]1C(=O)O. The van der Waals surface area contributed by atoms with E-state index in [4.69, 9.17) is 9.84 Å². The highest BCUT2D eigenvalue weighted by molar-refractivity contribution is 5.72. The molecule has 2 rings (SSSR count). The van der Waals surface area contributed by atoms with E-state index in [2.05, 4.69) is 0 Å². The van der Waals surface area contributed by atoms with Gasteiger partial charge in [0.2, 0.25) is 0 Å². The number of piperidine rings is 1. The molecular formula is C15H19NO4. The van der Waals surface area contributed by atoms with Crippen LogP contribution in [-0.2, 0) is 16.1 Å². The first-order valence-corrected chi connectivity index (χ1v) is 6.76. The molecule has 0 aliphatic carbocycles. The van der Waals surface area contributed by atoms with Gasteiger partial charge in [-0.3, -0.25) is 4.79 Å². The van der Waals surface area contributed by atoms with Crippen LogP contribution in [0.15, 0.2) is 30.3 Å². The number of carboxylic acid groups (broad SMARTS) is 1. The van der Waals surface area contributed by atoms with Crippen LogP contribution in [0, 0.1) is 11.8 Å². The lowest BCUT2D eigenvalue weighted by Gasteiger charge is -2.34. The number of carbonyl (C=O) groups is 2. The number of aliphatic carboxylic acids is 1. The quantitative estimate of drug-likeness (QED) is 0.921. The highest BCUT2D eigenvalue weighted by Crippen LogP contribution is 2.24. The molecule has 0 unspecified atom stereocenters. The van der Waals surface area contributed by atoms with Gasteiger partial charge >= 0.3 is 12.1 Å². The van der Waals surface area contributed by atoms with Gasteiger partial charge in [-0.15, -0.1) is 0 Å². The van der Waals surface area contributed by atoms with Crippen LogP contribution in [0.2, 0.25) is 0 Å². The molecule has 1 N–H and O–H groups in total. The van der Waals surface area contributed by atoms with Gasteiger partial charge in [0.15, 0.2) is 0 Å². The molecule has 108 valence electrons. The molecule has 1 aliphatic heterocycles. The second-order valence-electron chi connectivity index (χ2n) is 5.20. The number of likely N-dealkylation sites (tertiary alicyclic amines) is 1. The summed E-state index contributed by atoms with van der Waals surface area (Å²) < 4.78 is 5.25. The minimum atomic E-state index is -0.783. The number of carbonyl (C=O) groups excluding carboxylic acids is 1. The summed E-state index contributed by atoms with van der Waals surface area (Å²) in [7, 11) is 0. The third kappa shape index (κ3) is 3.50. The number of carboxylic acids is 1. The largest absolute Gasteiger partial charge is 0.481 e. The summed E-state index contributed by atoms with van der Waals surface area (Å²) in [4.78, 5) is 24.6. The lowest BCUT2D eigenvalue weighted by atomic mass is 9.87. The standard InChI is InChI=1S/C15H19NO4/c1-11-9-16(8-7-13(11)14(17)18)15(19)20-10-12-5-3-2-4-6-12/h2-6,11,13H,7-10H2,1H3,(H,17,18)/t11-,13+/m1/s1. The summed E-state index contributed by atoms with van der Waals surface area (Å²) >= 11 is 0. The molecule has 0 spiro atoms. The zero-order valence-corrected chi connectivity index (χ0v) is 11.5. The average molecular weight is 277 g/mol. The highest BCUT2D eigenvalue weighted by atomic mass is 16.6. The van der Waals surface area contributed by atoms with Crippen molar-refractivity contribution in [2.75, 3.05) is 13.1 Å². The Bertz CT molecular complexity index is 474. The molecule has 20 heavy (non-hydrogen) atoms. The Labute approximate surface area is 118 Å². The number of nitrogens with zero attached hydrogens (tertiary/aromatic N) is 1. The average Bonchev–Trinajstić information content (AvgIpc) is 2.45. The van der Waals surface area contributed by atoms with Crippen LogP contribution in [0.5, 0.6) is 0 Å². The van der Waals surface area contributed by atoms with E-state index in [9.17, 15) is 9.59 Å². The second kappa shape index (κ2) is 6.41. The first-order valence-electron chi connectivity index (χ1n) is 6.76. The molecule has 5 nitrogen and oxygen atoms in total. The topological polar surface area (TPSA) is 66.8 Å². The van der Waals surface area contributed by atoms with Crippen LogP contribution in [0.1, 0.15) is 18.9 Å². The zero-order chi connectivity index (χ0) is 14.5. The van der Waals surface area contributed by atoms with Crippen molar-refractivity contribution in [3.05, 3.63) is 35.9 Å². The Hall–Kier alpha value is -2.04. The van der Waals surface area contributed by atoms with Crippen molar-refractivity contribution in [2.45, 2.75) is 20.0 Å². The Morgan fingerprint density at radius 1 is 1.35 bits per heavy atom. The summed E-state index contributed by atoms with van der Waals surface area (Å²) in [6.07, 6.45) is 0.112. The van der Waals surface area contributed by atoms with E-state index in [0.29, 0.717) is 19.5 Å². The lowest BCUT2D eigenvalue weighted by Crippen LogP contribution is -2.45. The summed E-state index contributed by atoms with van der Waals surface area (Å²) in [6.45, 7) is 2.97. The van der Waals surface area contributed by atoms with Crippen LogP contribution >= 0.6 is 0 Å². The van der Waals surface area contributed by atoms with Crippen LogP contribution in [0.4, 0.5) is 4.79 Å². The first kappa shape index (κ1) is 14.4. The third-order valence-electron chi connectivity index (χ3n) is 3.69. The van der Waals surface area contributed by atoms with E-state index >= 15 is 0 Å². The molecule has 1 aliphatic rings. The fourth-order valence-electron chi connectivity index (χ4n) is 2.49. The van der Waals surface area contributed by atoms with Crippen molar-refractivity contribution in [1.29, 1.82) is 0 Å². The molecule has 0 aromatic heterocycles. The highest BCUT2D eigenvalue weighted by Gasteiger charge is 2.33. The van der Waals surface area contributed by atoms with Gasteiger partial charge in [0.25, 0.3) is 0 Å². The van der Waals surface area contributed by atoms with Crippen LogP contribution in [0.3, 0.4) is 0 Å². The fourth-order valence-corrected chi connectivity index (χ4v) is 2.49. The van der Waals surface area contributed by atoms with E-state index in [1.54, 1.807) is 4.90 Å². The van der Waals surface area contributed by atoms with Gasteiger partial charge in [-0.1, -0.05) is 37.3 Å². The molecule has 1 amide bonds.